The molecule has 9 nitrogen and oxygen atoms in total. The van der Waals surface area contributed by atoms with E-state index < -0.39 is 5.82 Å². The lowest BCUT2D eigenvalue weighted by Gasteiger charge is -2.10. The van der Waals surface area contributed by atoms with Crippen molar-refractivity contribution in [1.82, 2.24) is 29.1 Å². The molecule has 0 fully saturated rings. The summed E-state index contributed by atoms with van der Waals surface area (Å²) in [6.45, 7) is 2.16. The summed E-state index contributed by atoms with van der Waals surface area (Å²) in [5.74, 6) is 0.648. The zero-order valence-electron chi connectivity index (χ0n) is 16.7. The maximum absolute atomic E-state index is 13.9. The number of nitroso groups, excluding NO2 is 1. The second-order valence-electron chi connectivity index (χ2n) is 6.99. The first-order valence-corrected chi connectivity index (χ1v) is 9.39. The van der Waals surface area contributed by atoms with E-state index in [0.717, 1.165) is 28.3 Å². The summed E-state index contributed by atoms with van der Waals surface area (Å²) in [7, 11) is 1.56. The monoisotopic (exact) mass is 417 g/mol. The Morgan fingerprint density at radius 2 is 2.03 bits per heavy atom. The highest BCUT2D eigenvalue weighted by atomic mass is 19.1. The third kappa shape index (κ3) is 3.18. The number of aryl methyl sites for hydroxylation is 1. The number of hydrogen-bond acceptors (Lipinski definition) is 7. The zero-order valence-corrected chi connectivity index (χ0v) is 16.7. The van der Waals surface area contributed by atoms with Crippen LogP contribution in [0, 0.1) is 17.6 Å². The topological polar surface area (TPSA) is 100 Å². The van der Waals surface area contributed by atoms with Gasteiger partial charge in [-0.2, -0.15) is 4.98 Å². The van der Waals surface area contributed by atoms with Gasteiger partial charge in [-0.25, -0.2) is 19.3 Å². The molecule has 0 bridgehead atoms. The smallest absolute Gasteiger partial charge is 0.241 e. The molecule has 4 aromatic heterocycles. The molecule has 0 aliphatic heterocycles. The normalized spacial score (nSPS) is 11.3. The van der Waals surface area contributed by atoms with E-state index in [0.29, 0.717) is 29.5 Å². The van der Waals surface area contributed by atoms with E-state index in [1.54, 1.807) is 19.4 Å². The van der Waals surface area contributed by atoms with Gasteiger partial charge in [-0.3, -0.25) is 0 Å². The van der Waals surface area contributed by atoms with E-state index in [4.69, 9.17) is 4.74 Å². The Hall–Kier alpha value is -4.21. The number of hydrogen-bond donors (Lipinski definition) is 0. The number of methoxy groups -OCH3 is 1. The van der Waals surface area contributed by atoms with Crippen LogP contribution in [-0.4, -0.2) is 36.2 Å². The molecule has 5 rings (SSSR count). The van der Waals surface area contributed by atoms with Crippen LogP contribution in [0.2, 0.25) is 0 Å². The lowest BCUT2D eigenvalue weighted by molar-refractivity contribution is 0.401. The van der Waals surface area contributed by atoms with Gasteiger partial charge in [0.1, 0.15) is 29.2 Å². The largest absolute Gasteiger partial charge is 0.479 e. The third-order valence-electron chi connectivity index (χ3n) is 5.08. The van der Waals surface area contributed by atoms with Gasteiger partial charge in [-0.05, 0) is 41.9 Å². The first kappa shape index (κ1) is 18.8. The van der Waals surface area contributed by atoms with Crippen molar-refractivity contribution < 1.29 is 9.13 Å². The molecule has 5 aromatic rings. The number of rotatable bonds is 5. The number of fused-ring (bicyclic) bond motifs is 2. The second kappa shape index (κ2) is 7.24. The molecule has 0 aliphatic carbocycles. The molecular weight excluding hydrogens is 401 g/mol. The van der Waals surface area contributed by atoms with E-state index in [1.807, 2.05) is 34.4 Å². The third-order valence-corrected chi connectivity index (χ3v) is 5.08. The number of nitrogens with zero attached hydrogens (tertiary/aromatic N) is 7. The van der Waals surface area contributed by atoms with Gasteiger partial charge >= 0.3 is 0 Å². The molecule has 0 unspecified atom stereocenters. The highest BCUT2D eigenvalue weighted by Gasteiger charge is 2.15. The Bertz CT molecular complexity index is 1460. The minimum atomic E-state index is -0.515. The van der Waals surface area contributed by atoms with Crippen LogP contribution in [0.15, 0.2) is 54.2 Å². The molecule has 4 heterocycles. The number of halogens is 1. The average Bonchev–Trinajstić information content (AvgIpc) is 3.34. The first-order valence-electron chi connectivity index (χ1n) is 9.39. The molecule has 0 N–H and O–H groups in total. The Morgan fingerprint density at radius 3 is 2.84 bits per heavy atom. The molecule has 0 radical (unpaired) electrons. The summed E-state index contributed by atoms with van der Waals surface area (Å²) >= 11 is 0. The van der Waals surface area contributed by atoms with E-state index in [-0.39, 0.29) is 5.69 Å². The fraction of sp³-hybridized carbons (Fsp3) is 0.143. The van der Waals surface area contributed by atoms with E-state index in [1.165, 1.54) is 12.4 Å². The minimum Gasteiger partial charge on any atom is -0.479 e. The van der Waals surface area contributed by atoms with Crippen LogP contribution < -0.4 is 4.74 Å². The van der Waals surface area contributed by atoms with Crippen LogP contribution in [0.5, 0.6) is 5.88 Å². The number of benzene rings is 1. The molecule has 0 amide bonds. The standard InChI is InChI=1S/C21H16FN7O2/c1-12-26-20-18(29(12)10-13-5-14(22)7-15(6-13)27-30)8-16(9-23-20)28-4-3-17-19(28)21(31-2)25-11-24-17/h3-9,11H,10H2,1-2H3. The van der Waals surface area contributed by atoms with Crippen LogP contribution in [0.3, 0.4) is 0 Å². The maximum Gasteiger partial charge on any atom is 0.241 e. The number of pyridine rings is 1. The quantitative estimate of drug-likeness (QED) is 0.400. The number of aromatic nitrogens is 6. The second-order valence-corrected chi connectivity index (χ2v) is 6.99. The molecule has 154 valence electrons. The predicted octanol–water partition coefficient (Wildman–Crippen LogP) is 4.07. The molecule has 31 heavy (non-hydrogen) atoms. The summed E-state index contributed by atoms with van der Waals surface area (Å²) < 4.78 is 23.1. The van der Waals surface area contributed by atoms with Crippen LogP contribution in [-0.2, 0) is 6.54 Å². The van der Waals surface area contributed by atoms with Crippen molar-refractivity contribution in [3.05, 3.63) is 71.2 Å². The van der Waals surface area contributed by atoms with E-state index >= 15 is 0 Å². The van der Waals surface area contributed by atoms with Crippen LogP contribution in [0.25, 0.3) is 27.9 Å². The van der Waals surface area contributed by atoms with Crippen molar-refractivity contribution in [1.29, 1.82) is 0 Å². The van der Waals surface area contributed by atoms with Crippen molar-refractivity contribution in [3.63, 3.8) is 0 Å². The van der Waals surface area contributed by atoms with E-state index in [2.05, 4.69) is 25.1 Å². The summed E-state index contributed by atoms with van der Waals surface area (Å²) in [6, 6.07) is 7.83. The molecule has 0 saturated heterocycles. The van der Waals surface area contributed by atoms with Crippen molar-refractivity contribution >= 4 is 27.9 Å². The molecular formula is C21H16FN7O2. The first-order chi connectivity index (χ1) is 15.1. The maximum atomic E-state index is 13.9. The summed E-state index contributed by atoms with van der Waals surface area (Å²) in [5.41, 5.74) is 4.20. The Kier molecular flexibility index (Phi) is 4.39. The SMILES string of the molecule is COc1ncnc2ccn(-c3cnc4nc(C)n(Cc5cc(F)cc(N=O)c5)c4c3)c12. The van der Waals surface area contributed by atoms with Crippen LogP contribution >= 0.6 is 0 Å². The fourth-order valence-electron chi connectivity index (χ4n) is 3.71. The summed E-state index contributed by atoms with van der Waals surface area (Å²) in [4.78, 5) is 28.3. The molecule has 0 spiro atoms. The Balaban J connectivity index is 1.65. The fourth-order valence-corrected chi connectivity index (χ4v) is 3.71. The van der Waals surface area contributed by atoms with Gasteiger partial charge in [0.25, 0.3) is 0 Å². The van der Waals surface area contributed by atoms with Crippen molar-refractivity contribution in [2.75, 3.05) is 7.11 Å². The van der Waals surface area contributed by atoms with Crippen molar-refractivity contribution in [2.24, 2.45) is 5.18 Å². The van der Waals surface area contributed by atoms with Gasteiger partial charge < -0.3 is 13.9 Å². The summed E-state index contributed by atoms with van der Waals surface area (Å²) in [6.07, 6.45) is 5.03. The van der Waals surface area contributed by atoms with Gasteiger partial charge in [0.15, 0.2) is 5.65 Å². The highest BCUT2D eigenvalue weighted by molar-refractivity contribution is 5.83. The number of imidazole rings is 1. The van der Waals surface area contributed by atoms with Gasteiger partial charge in [-0.1, -0.05) is 0 Å². The highest BCUT2D eigenvalue weighted by Crippen LogP contribution is 2.27. The van der Waals surface area contributed by atoms with Gasteiger partial charge in [-0.15, -0.1) is 4.91 Å². The Morgan fingerprint density at radius 1 is 1.16 bits per heavy atom. The van der Waals surface area contributed by atoms with Crippen molar-refractivity contribution in [2.45, 2.75) is 13.5 Å². The molecule has 0 atom stereocenters. The average molecular weight is 417 g/mol. The van der Waals surface area contributed by atoms with Crippen molar-refractivity contribution in [3.8, 4) is 11.6 Å². The lowest BCUT2D eigenvalue weighted by atomic mass is 10.2. The molecule has 10 heteroatoms. The predicted molar refractivity (Wildman–Crippen MR) is 112 cm³/mol. The molecule has 0 saturated carbocycles. The molecule has 0 aliphatic rings. The molecule has 1 aromatic carbocycles. The van der Waals surface area contributed by atoms with Gasteiger partial charge in [0, 0.05) is 18.8 Å². The lowest BCUT2D eigenvalue weighted by Crippen LogP contribution is -2.03. The van der Waals surface area contributed by atoms with Gasteiger partial charge in [0.05, 0.1) is 30.0 Å². The zero-order chi connectivity index (χ0) is 21.5. The van der Waals surface area contributed by atoms with Crippen LogP contribution in [0.1, 0.15) is 11.4 Å². The van der Waals surface area contributed by atoms with E-state index in [9.17, 15) is 9.30 Å². The van der Waals surface area contributed by atoms with Crippen LogP contribution in [0.4, 0.5) is 10.1 Å². The number of ether oxygens (including phenoxy) is 1. The van der Waals surface area contributed by atoms with Gasteiger partial charge in [0.2, 0.25) is 5.88 Å². The summed E-state index contributed by atoms with van der Waals surface area (Å²) in [5, 5.41) is 2.84. The Labute approximate surface area is 175 Å². The minimum absolute atomic E-state index is 0.0433.